The predicted octanol–water partition coefficient (Wildman–Crippen LogP) is 23.9. The number of phosphoric acid groups is 2. The zero-order valence-corrected chi connectivity index (χ0v) is 66.6. The van der Waals surface area contributed by atoms with Crippen molar-refractivity contribution in [3.63, 3.8) is 0 Å². The molecular formula is C80H156O17P2. The van der Waals surface area contributed by atoms with Crippen molar-refractivity contribution in [1.29, 1.82) is 0 Å². The molecule has 0 bridgehead atoms. The maximum Gasteiger partial charge on any atom is 0.472 e. The fourth-order valence-electron chi connectivity index (χ4n) is 12.3. The lowest BCUT2D eigenvalue weighted by atomic mass is 9.99. The number of aliphatic hydroxyl groups is 1. The molecule has 0 saturated heterocycles. The molecule has 0 aromatic heterocycles. The molecule has 3 unspecified atom stereocenters. The molecule has 19 heteroatoms. The van der Waals surface area contributed by atoms with Crippen LogP contribution >= 0.6 is 15.6 Å². The van der Waals surface area contributed by atoms with Gasteiger partial charge in [-0.3, -0.25) is 37.3 Å². The van der Waals surface area contributed by atoms with E-state index in [1.807, 2.05) is 0 Å². The molecular weight excluding hydrogens is 1290 g/mol. The predicted molar refractivity (Wildman–Crippen MR) is 405 cm³/mol. The molecule has 0 heterocycles. The first-order valence-corrected chi connectivity index (χ1v) is 44.5. The van der Waals surface area contributed by atoms with Crippen LogP contribution in [0.25, 0.3) is 0 Å². The molecule has 0 aliphatic heterocycles. The first-order valence-electron chi connectivity index (χ1n) is 41.5. The van der Waals surface area contributed by atoms with E-state index in [1.54, 1.807) is 0 Å². The van der Waals surface area contributed by atoms with Crippen molar-refractivity contribution in [2.24, 2.45) is 11.8 Å². The van der Waals surface area contributed by atoms with Gasteiger partial charge in [0.2, 0.25) is 0 Å². The summed E-state index contributed by atoms with van der Waals surface area (Å²) in [5, 5.41) is 10.6. The van der Waals surface area contributed by atoms with Crippen molar-refractivity contribution in [3.05, 3.63) is 0 Å². The van der Waals surface area contributed by atoms with Crippen LogP contribution in [-0.4, -0.2) is 96.7 Å². The van der Waals surface area contributed by atoms with Crippen LogP contribution in [0.5, 0.6) is 0 Å². The summed E-state index contributed by atoms with van der Waals surface area (Å²) in [5.41, 5.74) is 0. The molecule has 0 saturated carbocycles. The largest absolute Gasteiger partial charge is 0.472 e. The van der Waals surface area contributed by atoms with Crippen LogP contribution in [0.1, 0.15) is 420 Å². The minimum absolute atomic E-state index is 0.108. The highest BCUT2D eigenvalue weighted by molar-refractivity contribution is 7.47. The van der Waals surface area contributed by atoms with Gasteiger partial charge in [-0.25, -0.2) is 9.13 Å². The van der Waals surface area contributed by atoms with Crippen molar-refractivity contribution < 1.29 is 80.2 Å². The highest BCUT2D eigenvalue weighted by Gasteiger charge is 2.30. The summed E-state index contributed by atoms with van der Waals surface area (Å²) in [7, 11) is -9.92. The van der Waals surface area contributed by atoms with Gasteiger partial charge in [0.25, 0.3) is 0 Å². The molecule has 0 rings (SSSR count). The fourth-order valence-corrected chi connectivity index (χ4v) is 13.9. The third kappa shape index (κ3) is 72.8. The molecule has 3 N–H and O–H groups in total. The lowest BCUT2D eigenvalue weighted by Gasteiger charge is -2.21. The maximum absolute atomic E-state index is 13.1. The highest BCUT2D eigenvalue weighted by atomic mass is 31.2. The van der Waals surface area contributed by atoms with E-state index in [-0.39, 0.29) is 25.7 Å². The van der Waals surface area contributed by atoms with Crippen LogP contribution in [0.3, 0.4) is 0 Å². The third-order valence-corrected chi connectivity index (χ3v) is 21.0. The Hall–Kier alpha value is -1.94. The van der Waals surface area contributed by atoms with Crippen LogP contribution in [-0.2, 0) is 65.4 Å². The monoisotopic (exact) mass is 1450 g/mol. The average Bonchev–Trinajstić information content (AvgIpc) is 0.993. The number of rotatable bonds is 79. The summed E-state index contributed by atoms with van der Waals surface area (Å²) in [5.74, 6) is -0.536. The Kier molecular flexibility index (Phi) is 70.3. The molecule has 0 radical (unpaired) electrons. The smallest absolute Gasteiger partial charge is 0.462 e. The molecule has 0 aliphatic rings. The Balaban J connectivity index is 5.26. The van der Waals surface area contributed by atoms with Gasteiger partial charge in [0, 0.05) is 25.7 Å². The standard InChI is InChI=1S/C80H156O17P2/c1-7-10-12-14-16-18-20-22-24-25-30-33-37-44-50-56-62-77(82)90-68-75(96-80(85)65-59-53-47-39-35-31-27-26-28-32-36-43-49-55-61-73(6)9-3)70-94-98(86,87)92-66-74(81)67-93-99(88,89)95-71-76(69-91-78(83)63-57-51-45-41-40-42-48-54-60-72(4)5)97-79(84)64-58-52-46-38-34-29-23-21-19-17-15-13-11-8-2/h72-76,81H,7-71H2,1-6H3,(H,86,87)(H,88,89)/t73?,74-,75-,76-/m1/s1. The lowest BCUT2D eigenvalue weighted by molar-refractivity contribution is -0.161. The Labute approximate surface area is 607 Å². The van der Waals surface area contributed by atoms with Crippen LogP contribution in [0.4, 0.5) is 0 Å². The molecule has 0 aliphatic carbocycles. The fraction of sp³-hybridized carbons (Fsp3) is 0.950. The number of ether oxygens (including phenoxy) is 4. The number of hydrogen-bond acceptors (Lipinski definition) is 15. The van der Waals surface area contributed by atoms with Crippen molar-refractivity contribution in [3.8, 4) is 0 Å². The first kappa shape index (κ1) is 97.1. The van der Waals surface area contributed by atoms with Gasteiger partial charge in [-0.15, -0.1) is 0 Å². The lowest BCUT2D eigenvalue weighted by Crippen LogP contribution is -2.30. The molecule has 0 aromatic rings. The van der Waals surface area contributed by atoms with E-state index in [9.17, 15) is 43.2 Å². The quantitative estimate of drug-likeness (QED) is 0.0222. The summed E-state index contributed by atoms with van der Waals surface area (Å²) >= 11 is 0. The van der Waals surface area contributed by atoms with Crippen molar-refractivity contribution >= 4 is 39.5 Å². The van der Waals surface area contributed by atoms with Crippen molar-refractivity contribution in [2.45, 2.75) is 439 Å². The zero-order chi connectivity index (χ0) is 72.8. The van der Waals surface area contributed by atoms with Crippen LogP contribution < -0.4 is 0 Å². The number of hydrogen-bond donors (Lipinski definition) is 3. The number of unbranched alkanes of at least 4 members (excludes halogenated alkanes) is 48. The van der Waals surface area contributed by atoms with Gasteiger partial charge < -0.3 is 33.8 Å². The van der Waals surface area contributed by atoms with E-state index >= 15 is 0 Å². The Morgan fingerprint density at radius 1 is 0.293 bits per heavy atom. The summed E-state index contributed by atoms with van der Waals surface area (Å²) in [6, 6.07) is 0. The normalized spacial score (nSPS) is 14.2. The molecule has 0 amide bonds. The molecule has 6 atom stereocenters. The van der Waals surface area contributed by atoms with Crippen LogP contribution in [0.2, 0.25) is 0 Å². The molecule has 588 valence electrons. The summed E-state index contributed by atoms with van der Waals surface area (Å²) in [6.07, 6.45) is 60.9. The van der Waals surface area contributed by atoms with Gasteiger partial charge in [-0.2, -0.15) is 0 Å². The number of carbonyl (C=O) groups is 4. The van der Waals surface area contributed by atoms with E-state index in [1.165, 1.54) is 238 Å². The van der Waals surface area contributed by atoms with Gasteiger partial charge in [0.15, 0.2) is 12.2 Å². The maximum atomic E-state index is 13.1. The van der Waals surface area contributed by atoms with Gasteiger partial charge >= 0.3 is 39.5 Å². The summed E-state index contributed by atoms with van der Waals surface area (Å²) in [6.45, 7) is 9.66. The van der Waals surface area contributed by atoms with Crippen molar-refractivity contribution in [1.82, 2.24) is 0 Å². The van der Waals surface area contributed by atoms with Gasteiger partial charge in [0.05, 0.1) is 26.4 Å². The van der Waals surface area contributed by atoms with Crippen LogP contribution in [0.15, 0.2) is 0 Å². The van der Waals surface area contributed by atoms with E-state index in [2.05, 4.69) is 41.5 Å². The second-order valence-electron chi connectivity index (χ2n) is 29.5. The Morgan fingerprint density at radius 2 is 0.515 bits per heavy atom. The number of carbonyl (C=O) groups excluding carboxylic acids is 4. The van der Waals surface area contributed by atoms with E-state index in [4.69, 9.17) is 37.0 Å². The SMILES string of the molecule is CCCCCCCCCCCCCCCCCCC(=O)OC[C@H](COP(=O)(O)OC[C@@H](O)COP(=O)(O)OC[C@@H](COC(=O)CCCCCCCCCCC(C)C)OC(=O)CCCCCCCCCCCCCCCC)OC(=O)CCCCCCCCCCCCCCCCC(C)CC. The van der Waals surface area contributed by atoms with Gasteiger partial charge in [0.1, 0.15) is 19.3 Å². The Bertz CT molecular complexity index is 1910. The summed E-state index contributed by atoms with van der Waals surface area (Å²) < 4.78 is 68.7. The zero-order valence-electron chi connectivity index (χ0n) is 64.8. The molecule has 0 fully saturated rings. The number of aliphatic hydroxyl groups excluding tert-OH is 1. The molecule has 0 aromatic carbocycles. The Morgan fingerprint density at radius 3 is 0.768 bits per heavy atom. The molecule has 0 spiro atoms. The van der Waals surface area contributed by atoms with Crippen molar-refractivity contribution in [2.75, 3.05) is 39.6 Å². The molecule has 17 nitrogen and oxygen atoms in total. The van der Waals surface area contributed by atoms with E-state index in [0.717, 1.165) is 102 Å². The van der Waals surface area contributed by atoms with Gasteiger partial charge in [-0.05, 0) is 37.5 Å². The van der Waals surface area contributed by atoms with Gasteiger partial charge in [-0.1, -0.05) is 369 Å². The third-order valence-electron chi connectivity index (χ3n) is 19.1. The molecule has 99 heavy (non-hydrogen) atoms. The number of phosphoric ester groups is 2. The van der Waals surface area contributed by atoms with E-state index < -0.39 is 97.5 Å². The first-order chi connectivity index (χ1) is 47.9. The van der Waals surface area contributed by atoms with E-state index in [0.29, 0.717) is 25.7 Å². The second-order valence-corrected chi connectivity index (χ2v) is 32.4. The summed E-state index contributed by atoms with van der Waals surface area (Å²) in [4.78, 5) is 73.0. The second kappa shape index (κ2) is 71.7. The minimum atomic E-state index is -4.96. The topological polar surface area (TPSA) is 237 Å². The highest BCUT2D eigenvalue weighted by Crippen LogP contribution is 2.45. The minimum Gasteiger partial charge on any atom is -0.462 e. The average molecular weight is 1450 g/mol. The number of esters is 4. The van der Waals surface area contributed by atoms with Crippen LogP contribution in [0, 0.1) is 11.8 Å².